The Kier molecular flexibility index (Phi) is 3.96. The summed E-state index contributed by atoms with van der Waals surface area (Å²) in [4.78, 5) is 24.5. The molecule has 148 valence electrons. The Labute approximate surface area is 176 Å². The minimum absolute atomic E-state index is 0.690. The number of nitrogens with zero attached hydrogens (tertiary/aromatic N) is 4. The molecular formula is C24H16N6O. The lowest BCUT2D eigenvalue weighted by Crippen LogP contribution is -1.94. The van der Waals surface area contributed by atoms with E-state index in [0.29, 0.717) is 11.5 Å². The van der Waals surface area contributed by atoms with E-state index in [1.807, 2.05) is 73.1 Å². The lowest BCUT2D eigenvalue weighted by molar-refractivity contribution is 0.486. The number of ether oxygens (including phenoxy) is 1. The molecule has 0 amide bonds. The van der Waals surface area contributed by atoms with Gasteiger partial charge in [-0.25, -0.2) is 19.9 Å². The minimum atomic E-state index is 0.690. The van der Waals surface area contributed by atoms with Gasteiger partial charge in [0.25, 0.3) is 0 Å². The molecule has 31 heavy (non-hydrogen) atoms. The van der Waals surface area contributed by atoms with Gasteiger partial charge in [0.05, 0.1) is 23.8 Å². The van der Waals surface area contributed by atoms with Gasteiger partial charge in [0.2, 0.25) is 0 Å². The number of para-hydroxylation sites is 2. The molecule has 0 radical (unpaired) electrons. The molecule has 0 saturated carbocycles. The third kappa shape index (κ3) is 3.08. The monoisotopic (exact) mass is 404 g/mol. The van der Waals surface area contributed by atoms with E-state index in [1.54, 1.807) is 12.4 Å². The van der Waals surface area contributed by atoms with E-state index in [0.717, 1.165) is 44.8 Å². The second kappa shape index (κ2) is 7.07. The van der Waals surface area contributed by atoms with Gasteiger partial charge in [0.15, 0.2) is 11.3 Å². The van der Waals surface area contributed by atoms with Crippen molar-refractivity contribution in [1.29, 1.82) is 0 Å². The standard InChI is InChI=1S/C24H16N6O/c1-3-7-21(15(5-1)19-13-27-23-17(29-19)9-11-25-23)31-22-8-4-2-6-16(22)20-14-28-24-18(30-20)10-12-26-24/h1-14H,(H,25,27)(H,26,28). The maximum atomic E-state index is 6.39. The Hall–Kier alpha value is -4.52. The molecule has 4 heterocycles. The summed E-state index contributed by atoms with van der Waals surface area (Å²) >= 11 is 0. The smallest absolute Gasteiger partial charge is 0.156 e. The topological polar surface area (TPSA) is 92.4 Å². The molecule has 4 aromatic heterocycles. The van der Waals surface area contributed by atoms with Crippen LogP contribution < -0.4 is 4.74 Å². The van der Waals surface area contributed by atoms with Crippen molar-refractivity contribution in [2.45, 2.75) is 0 Å². The number of aromatic nitrogens is 6. The van der Waals surface area contributed by atoms with Gasteiger partial charge in [0, 0.05) is 23.5 Å². The SMILES string of the molecule is c1ccc(-c2cnc3[nH]ccc3n2)c(Oc2ccccc2-c2cnc3[nH]ccc3n2)c1. The van der Waals surface area contributed by atoms with E-state index in [2.05, 4.69) is 19.9 Å². The number of fused-ring (bicyclic) bond motifs is 2. The van der Waals surface area contributed by atoms with Gasteiger partial charge in [-0.1, -0.05) is 24.3 Å². The third-order valence-electron chi connectivity index (χ3n) is 5.07. The molecule has 0 aliphatic rings. The zero-order chi connectivity index (χ0) is 20.6. The zero-order valence-corrected chi connectivity index (χ0v) is 16.3. The van der Waals surface area contributed by atoms with Crippen LogP contribution >= 0.6 is 0 Å². The highest BCUT2D eigenvalue weighted by Gasteiger charge is 2.14. The first-order valence-electron chi connectivity index (χ1n) is 9.82. The molecule has 0 aliphatic carbocycles. The van der Waals surface area contributed by atoms with Crippen molar-refractivity contribution in [2.24, 2.45) is 0 Å². The Morgan fingerprint density at radius 1 is 0.581 bits per heavy atom. The van der Waals surface area contributed by atoms with Gasteiger partial charge in [-0.05, 0) is 36.4 Å². The van der Waals surface area contributed by atoms with E-state index < -0.39 is 0 Å². The number of hydrogen-bond acceptors (Lipinski definition) is 5. The predicted molar refractivity (Wildman–Crippen MR) is 119 cm³/mol. The Balaban J connectivity index is 1.43. The fourth-order valence-corrected chi connectivity index (χ4v) is 3.57. The normalized spacial score (nSPS) is 11.2. The van der Waals surface area contributed by atoms with Crippen LogP contribution in [0.25, 0.3) is 44.8 Å². The van der Waals surface area contributed by atoms with Gasteiger partial charge in [-0.3, -0.25) is 0 Å². The highest BCUT2D eigenvalue weighted by molar-refractivity contribution is 5.78. The molecule has 6 rings (SSSR count). The van der Waals surface area contributed by atoms with Crippen LogP contribution in [0, 0.1) is 0 Å². The summed E-state index contributed by atoms with van der Waals surface area (Å²) in [5, 5.41) is 0. The van der Waals surface area contributed by atoms with Gasteiger partial charge in [-0.15, -0.1) is 0 Å². The van der Waals surface area contributed by atoms with Crippen LogP contribution in [0.4, 0.5) is 0 Å². The molecule has 0 spiro atoms. The predicted octanol–water partition coefficient (Wildman–Crippen LogP) is 5.36. The first-order chi connectivity index (χ1) is 15.3. The average molecular weight is 404 g/mol. The molecule has 0 atom stereocenters. The zero-order valence-electron chi connectivity index (χ0n) is 16.3. The molecule has 6 aromatic rings. The summed E-state index contributed by atoms with van der Waals surface area (Å²) in [6.45, 7) is 0. The lowest BCUT2D eigenvalue weighted by atomic mass is 10.1. The Bertz CT molecular complexity index is 1420. The summed E-state index contributed by atoms with van der Waals surface area (Å²) in [6, 6.07) is 19.4. The number of nitrogens with one attached hydrogen (secondary N) is 2. The van der Waals surface area contributed by atoms with Crippen molar-refractivity contribution in [3.8, 4) is 34.0 Å². The molecular weight excluding hydrogens is 388 g/mol. The minimum Gasteiger partial charge on any atom is -0.456 e. The van der Waals surface area contributed by atoms with E-state index in [4.69, 9.17) is 14.7 Å². The van der Waals surface area contributed by atoms with Gasteiger partial charge in [0.1, 0.15) is 22.5 Å². The second-order valence-electron chi connectivity index (χ2n) is 7.03. The maximum absolute atomic E-state index is 6.39. The van der Waals surface area contributed by atoms with Gasteiger partial charge >= 0.3 is 0 Å². The fourth-order valence-electron chi connectivity index (χ4n) is 3.57. The largest absolute Gasteiger partial charge is 0.456 e. The van der Waals surface area contributed by atoms with Gasteiger partial charge < -0.3 is 14.7 Å². The maximum Gasteiger partial charge on any atom is 0.156 e. The molecule has 0 saturated heterocycles. The molecule has 2 aromatic carbocycles. The molecule has 7 heteroatoms. The number of rotatable bonds is 4. The highest BCUT2D eigenvalue weighted by Crippen LogP contribution is 2.37. The van der Waals surface area contributed by atoms with Crippen LogP contribution in [0.3, 0.4) is 0 Å². The second-order valence-corrected chi connectivity index (χ2v) is 7.03. The summed E-state index contributed by atoms with van der Waals surface area (Å²) in [5.41, 5.74) is 6.34. The average Bonchev–Trinajstić information content (AvgIpc) is 3.48. The van der Waals surface area contributed by atoms with E-state index in [9.17, 15) is 0 Å². The van der Waals surface area contributed by atoms with Crippen LogP contribution in [-0.4, -0.2) is 29.9 Å². The highest BCUT2D eigenvalue weighted by atomic mass is 16.5. The van der Waals surface area contributed by atoms with Crippen LogP contribution in [-0.2, 0) is 0 Å². The van der Waals surface area contributed by atoms with Crippen molar-refractivity contribution < 1.29 is 4.74 Å². The van der Waals surface area contributed by atoms with Crippen molar-refractivity contribution in [2.75, 3.05) is 0 Å². The number of benzene rings is 2. The van der Waals surface area contributed by atoms with Crippen LogP contribution in [0.15, 0.2) is 85.5 Å². The van der Waals surface area contributed by atoms with Gasteiger partial charge in [-0.2, -0.15) is 0 Å². The number of H-pyrrole nitrogens is 2. The number of aromatic amines is 2. The summed E-state index contributed by atoms with van der Waals surface area (Å²) in [6.07, 6.45) is 7.15. The molecule has 2 N–H and O–H groups in total. The quantitative estimate of drug-likeness (QED) is 0.413. The summed E-state index contributed by atoms with van der Waals surface area (Å²) in [7, 11) is 0. The van der Waals surface area contributed by atoms with Crippen molar-refractivity contribution in [1.82, 2.24) is 29.9 Å². The van der Waals surface area contributed by atoms with Crippen molar-refractivity contribution in [3.63, 3.8) is 0 Å². The van der Waals surface area contributed by atoms with Crippen LogP contribution in [0.1, 0.15) is 0 Å². The Morgan fingerprint density at radius 3 is 1.58 bits per heavy atom. The molecule has 0 unspecified atom stereocenters. The lowest BCUT2D eigenvalue weighted by Gasteiger charge is -2.14. The Morgan fingerprint density at radius 2 is 1.06 bits per heavy atom. The number of hydrogen-bond donors (Lipinski definition) is 2. The molecule has 0 aliphatic heterocycles. The molecule has 0 bridgehead atoms. The summed E-state index contributed by atoms with van der Waals surface area (Å²) in [5.74, 6) is 1.38. The van der Waals surface area contributed by atoms with E-state index in [-0.39, 0.29) is 0 Å². The van der Waals surface area contributed by atoms with Crippen LogP contribution in [0.2, 0.25) is 0 Å². The van der Waals surface area contributed by atoms with Crippen molar-refractivity contribution in [3.05, 3.63) is 85.5 Å². The third-order valence-corrected chi connectivity index (χ3v) is 5.07. The van der Waals surface area contributed by atoms with E-state index in [1.165, 1.54) is 0 Å². The molecule has 0 fully saturated rings. The van der Waals surface area contributed by atoms with Crippen molar-refractivity contribution >= 4 is 22.3 Å². The summed E-state index contributed by atoms with van der Waals surface area (Å²) < 4.78 is 6.39. The van der Waals surface area contributed by atoms with E-state index >= 15 is 0 Å². The first kappa shape index (κ1) is 17.3. The van der Waals surface area contributed by atoms with Crippen LogP contribution in [0.5, 0.6) is 11.5 Å². The first-order valence-corrected chi connectivity index (χ1v) is 9.82. The molecule has 7 nitrogen and oxygen atoms in total. The fraction of sp³-hybridized carbons (Fsp3) is 0.